The molecule has 1 aliphatic carbocycles. The van der Waals surface area contributed by atoms with Gasteiger partial charge in [-0.1, -0.05) is 23.7 Å². The summed E-state index contributed by atoms with van der Waals surface area (Å²) in [5.41, 5.74) is 8.82. The molecule has 1 aliphatic heterocycles. The van der Waals surface area contributed by atoms with Gasteiger partial charge in [-0.3, -0.25) is 9.48 Å². The van der Waals surface area contributed by atoms with Crippen LogP contribution in [0.4, 0.5) is 11.4 Å². The van der Waals surface area contributed by atoms with Gasteiger partial charge in [0.25, 0.3) is 0 Å². The van der Waals surface area contributed by atoms with Crippen molar-refractivity contribution in [2.45, 2.75) is 38.0 Å². The lowest BCUT2D eigenvalue weighted by molar-refractivity contribution is -0.177. The number of pyridine rings is 1. The zero-order valence-corrected chi connectivity index (χ0v) is 19.9. The number of nitrogens with two attached hydrogens (primary N) is 1. The molecule has 3 heterocycles. The summed E-state index contributed by atoms with van der Waals surface area (Å²) in [6, 6.07) is 7.90. The molecule has 2 aromatic heterocycles. The van der Waals surface area contributed by atoms with E-state index in [-0.39, 0.29) is 12.5 Å². The second-order valence-electron chi connectivity index (χ2n) is 8.10. The van der Waals surface area contributed by atoms with Crippen molar-refractivity contribution in [1.29, 1.82) is 0 Å². The van der Waals surface area contributed by atoms with E-state index >= 15 is 0 Å². The highest BCUT2D eigenvalue weighted by Gasteiger charge is 2.49. The molecule has 10 heteroatoms. The zero-order chi connectivity index (χ0) is 24.1. The molecule has 9 nitrogen and oxygen atoms in total. The minimum Gasteiger partial charge on any atom is -0.494 e. The molecule has 1 atom stereocenters. The molecule has 2 fully saturated rings. The number of anilines is 2. The number of halogens is 1. The fraction of sp³-hybridized carbons (Fsp3) is 0.375. The Kier molecular flexibility index (Phi) is 7.35. The van der Waals surface area contributed by atoms with Crippen LogP contribution in [0.3, 0.4) is 0 Å². The Morgan fingerprint density at radius 2 is 2.06 bits per heavy atom. The van der Waals surface area contributed by atoms with Crippen LogP contribution < -0.4 is 15.8 Å². The Balaban J connectivity index is 0.000000868. The maximum atomic E-state index is 8.58. The number of para-hydroxylation sites is 1. The van der Waals surface area contributed by atoms with Gasteiger partial charge >= 0.3 is 0 Å². The van der Waals surface area contributed by atoms with Gasteiger partial charge in [0.05, 0.1) is 32.2 Å². The van der Waals surface area contributed by atoms with Gasteiger partial charge in [-0.2, -0.15) is 5.10 Å². The summed E-state index contributed by atoms with van der Waals surface area (Å²) < 4.78 is 19.8. The van der Waals surface area contributed by atoms with Gasteiger partial charge < -0.3 is 25.3 Å². The minimum absolute atomic E-state index is 0.0812. The van der Waals surface area contributed by atoms with Crippen molar-refractivity contribution < 1.29 is 19.0 Å². The Labute approximate surface area is 203 Å². The van der Waals surface area contributed by atoms with Gasteiger partial charge in [-0.25, -0.2) is 4.98 Å². The second-order valence-corrected chi connectivity index (χ2v) is 8.48. The molecule has 3 aromatic rings. The van der Waals surface area contributed by atoms with E-state index in [2.05, 4.69) is 27.3 Å². The normalized spacial score (nSPS) is 18.4. The van der Waals surface area contributed by atoms with E-state index in [9.17, 15) is 0 Å². The third-order valence-corrected chi connectivity index (χ3v) is 6.28. The molecule has 5 rings (SSSR count). The summed E-state index contributed by atoms with van der Waals surface area (Å²) in [7, 11) is 1.67. The minimum atomic E-state index is -0.533. The molecular weight excluding hydrogens is 458 g/mol. The molecule has 1 unspecified atom stereocenters. The van der Waals surface area contributed by atoms with Crippen LogP contribution >= 0.6 is 11.6 Å². The van der Waals surface area contributed by atoms with Crippen molar-refractivity contribution in [3.8, 4) is 16.9 Å². The number of ether oxygens (including phenoxy) is 3. The summed E-state index contributed by atoms with van der Waals surface area (Å²) in [4.78, 5) is 12.7. The Hall–Kier alpha value is -3.14. The van der Waals surface area contributed by atoms with Gasteiger partial charge in [0.2, 0.25) is 6.41 Å². The maximum Gasteiger partial charge on any atom is 0.204 e. The Morgan fingerprint density at radius 3 is 2.79 bits per heavy atom. The average Bonchev–Trinajstić information content (AvgIpc) is 3.59. The van der Waals surface area contributed by atoms with Crippen LogP contribution in [0.5, 0.6) is 5.75 Å². The van der Waals surface area contributed by atoms with E-state index in [1.165, 1.54) is 0 Å². The number of amides is 1. The van der Waals surface area contributed by atoms with Gasteiger partial charge in [0.15, 0.2) is 5.79 Å². The summed E-state index contributed by atoms with van der Waals surface area (Å²) in [5.74, 6) is 0.207. The van der Waals surface area contributed by atoms with E-state index in [1.54, 1.807) is 13.3 Å². The fourth-order valence-corrected chi connectivity index (χ4v) is 4.74. The summed E-state index contributed by atoms with van der Waals surface area (Å²) in [6.07, 6.45) is 8.88. The van der Waals surface area contributed by atoms with Crippen molar-refractivity contribution in [2.75, 3.05) is 25.6 Å². The first-order valence-corrected chi connectivity index (χ1v) is 11.4. The number of aromatic nitrogens is 3. The first-order chi connectivity index (χ1) is 16.5. The van der Waals surface area contributed by atoms with Crippen molar-refractivity contribution in [3.63, 3.8) is 0 Å². The number of carbonyl (C=O) groups is 1. The molecule has 1 saturated heterocycles. The quantitative estimate of drug-likeness (QED) is 0.410. The Morgan fingerprint density at radius 1 is 1.29 bits per heavy atom. The van der Waals surface area contributed by atoms with Crippen LogP contribution in [-0.4, -0.2) is 47.3 Å². The highest BCUT2D eigenvalue weighted by molar-refractivity contribution is 6.29. The van der Waals surface area contributed by atoms with Gasteiger partial charge in [-0.05, 0) is 37.5 Å². The number of primary amides is 1. The SMILES string of the molecule is COc1c(Nc2cc(Cl)ncc2C)cccc1-c1cnn(C2CCCC23OCCO3)c1.NC=O. The van der Waals surface area contributed by atoms with E-state index in [1.807, 2.05) is 42.1 Å². The number of hydrogen-bond donors (Lipinski definition) is 2. The van der Waals surface area contributed by atoms with Crippen LogP contribution in [0.25, 0.3) is 11.1 Å². The van der Waals surface area contributed by atoms with Crippen molar-refractivity contribution in [3.05, 3.63) is 53.6 Å². The van der Waals surface area contributed by atoms with Crippen LogP contribution in [0.1, 0.15) is 30.9 Å². The van der Waals surface area contributed by atoms with Gasteiger partial charge in [0.1, 0.15) is 16.9 Å². The summed E-state index contributed by atoms with van der Waals surface area (Å²) in [5, 5.41) is 8.53. The monoisotopic (exact) mass is 485 g/mol. The topological polar surface area (TPSA) is 114 Å². The van der Waals surface area contributed by atoms with Crippen LogP contribution in [0.2, 0.25) is 5.15 Å². The smallest absolute Gasteiger partial charge is 0.204 e. The number of nitrogens with one attached hydrogen (secondary N) is 1. The first kappa shape index (κ1) is 24.0. The Bertz CT molecular complexity index is 1140. The zero-order valence-electron chi connectivity index (χ0n) is 19.2. The second kappa shape index (κ2) is 10.4. The molecule has 180 valence electrons. The lowest BCUT2D eigenvalue weighted by atomic mass is 10.1. The predicted molar refractivity (Wildman–Crippen MR) is 129 cm³/mol. The summed E-state index contributed by atoms with van der Waals surface area (Å²) >= 11 is 6.09. The fourth-order valence-electron chi connectivity index (χ4n) is 4.58. The van der Waals surface area contributed by atoms with Crippen molar-refractivity contribution >= 4 is 29.4 Å². The van der Waals surface area contributed by atoms with E-state index in [0.717, 1.165) is 53.1 Å². The molecule has 3 N–H and O–H groups in total. The van der Waals surface area contributed by atoms with E-state index in [0.29, 0.717) is 18.4 Å². The molecular formula is C24H28ClN5O4. The number of carbonyl (C=O) groups excluding carboxylic acids is 1. The summed E-state index contributed by atoms with van der Waals surface area (Å²) in [6.45, 7) is 3.27. The first-order valence-electron chi connectivity index (χ1n) is 11.1. The third kappa shape index (κ3) is 4.72. The van der Waals surface area contributed by atoms with Gasteiger partial charge in [0, 0.05) is 35.6 Å². The predicted octanol–water partition coefficient (Wildman–Crippen LogP) is 4.23. The van der Waals surface area contributed by atoms with E-state index < -0.39 is 5.79 Å². The number of hydrogen-bond acceptors (Lipinski definition) is 7. The van der Waals surface area contributed by atoms with Crippen molar-refractivity contribution in [2.24, 2.45) is 5.73 Å². The number of rotatable bonds is 5. The third-order valence-electron chi connectivity index (χ3n) is 6.08. The van der Waals surface area contributed by atoms with Gasteiger partial charge in [-0.15, -0.1) is 0 Å². The van der Waals surface area contributed by atoms with Crippen LogP contribution in [0.15, 0.2) is 42.9 Å². The maximum absolute atomic E-state index is 8.58. The van der Waals surface area contributed by atoms with Crippen LogP contribution in [0, 0.1) is 6.92 Å². The lowest BCUT2D eigenvalue weighted by Gasteiger charge is -2.29. The number of benzene rings is 1. The molecule has 1 saturated carbocycles. The van der Waals surface area contributed by atoms with Crippen LogP contribution in [-0.2, 0) is 14.3 Å². The number of nitrogens with zero attached hydrogens (tertiary/aromatic N) is 3. The highest BCUT2D eigenvalue weighted by atomic mass is 35.5. The molecule has 1 amide bonds. The average molecular weight is 486 g/mol. The largest absolute Gasteiger partial charge is 0.494 e. The van der Waals surface area contributed by atoms with Crippen molar-refractivity contribution in [1.82, 2.24) is 14.8 Å². The highest BCUT2D eigenvalue weighted by Crippen LogP contribution is 2.46. The number of aryl methyl sites for hydroxylation is 1. The molecule has 2 aliphatic rings. The molecule has 34 heavy (non-hydrogen) atoms. The standard InChI is InChI=1S/C23H25ClN4O3.CH3NO/c1-15-12-25-21(24)11-19(15)27-18-6-3-5-17(22(18)29-2)16-13-26-28(14-16)20-7-4-8-23(20)30-9-10-31-23;2-1-3/h3,5-6,11-14,20H,4,7-10H2,1-2H3,(H,25,27);1H,(H2,2,3). The molecule has 0 bridgehead atoms. The number of methoxy groups -OCH3 is 1. The molecule has 0 radical (unpaired) electrons. The van der Waals surface area contributed by atoms with E-state index in [4.69, 9.17) is 30.6 Å². The molecule has 1 spiro atoms. The lowest BCUT2D eigenvalue weighted by Crippen LogP contribution is -2.36. The molecule has 1 aromatic carbocycles.